The number of nitrogens with one attached hydrogen (secondary N) is 2. The zero-order chi connectivity index (χ0) is 16.9. The second-order valence-corrected chi connectivity index (χ2v) is 6.00. The summed E-state index contributed by atoms with van der Waals surface area (Å²) in [7, 11) is 1.63. The zero-order valence-corrected chi connectivity index (χ0v) is 14.1. The third kappa shape index (κ3) is 3.73. The molecule has 24 heavy (non-hydrogen) atoms. The van der Waals surface area contributed by atoms with Gasteiger partial charge in [0.05, 0.1) is 19.7 Å². The van der Waals surface area contributed by atoms with Gasteiger partial charge in [-0.1, -0.05) is 18.2 Å². The molecule has 0 unspecified atom stereocenters. The van der Waals surface area contributed by atoms with Crippen molar-refractivity contribution < 1.29 is 9.53 Å². The van der Waals surface area contributed by atoms with Crippen LogP contribution in [0.4, 0.5) is 0 Å². The lowest BCUT2D eigenvalue weighted by atomic mass is 10.2. The third-order valence-electron chi connectivity index (χ3n) is 4.29. The molecule has 1 aliphatic heterocycles. The Labute approximate surface area is 141 Å². The lowest BCUT2D eigenvalue weighted by Crippen LogP contribution is -2.37. The summed E-state index contributed by atoms with van der Waals surface area (Å²) in [5.74, 6) is 2.37. The zero-order valence-electron chi connectivity index (χ0n) is 14.1. The number of para-hydroxylation sites is 1. The maximum Gasteiger partial charge on any atom is 0.234 e. The molecular weight excluding hydrogens is 306 g/mol. The molecule has 2 aromatic rings. The van der Waals surface area contributed by atoms with Gasteiger partial charge in [0.2, 0.25) is 5.91 Å². The minimum Gasteiger partial charge on any atom is -0.496 e. The Morgan fingerprint density at radius 2 is 2.29 bits per heavy atom. The molecule has 1 saturated heterocycles. The van der Waals surface area contributed by atoms with Gasteiger partial charge < -0.3 is 10.1 Å². The van der Waals surface area contributed by atoms with Gasteiger partial charge in [0.1, 0.15) is 11.6 Å². The van der Waals surface area contributed by atoms with Crippen LogP contribution in [0.15, 0.2) is 24.3 Å². The fourth-order valence-electron chi connectivity index (χ4n) is 3.10. The lowest BCUT2D eigenvalue weighted by molar-refractivity contribution is -0.122. The van der Waals surface area contributed by atoms with Gasteiger partial charge >= 0.3 is 0 Å². The van der Waals surface area contributed by atoms with E-state index in [1.54, 1.807) is 7.11 Å². The number of benzene rings is 1. The minimum absolute atomic E-state index is 0.0000591. The predicted molar refractivity (Wildman–Crippen MR) is 89.5 cm³/mol. The van der Waals surface area contributed by atoms with Crippen molar-refractivity contribution in [2.24, 2.45) is 0 Å². The summed E-state index contributed by atoms with van der Waals surface area (Å²) in [5, 5.41) is 10.1. The molecule has 1 aliphatic rings. The van der Waals surface area contributed by atoms with Crippen LogP contribution in [0.5, 0.6) is 5.75 Å². The predicted octanol–water partition coefficient (Wildman–Crippen LogP) is 1.58. The highest BCUT2D eigenvalue weighted by Gasteiger charge is 2.30. The average Bonchev–Trinajstić information content (AvgIpc) is 3.21. The minimum atomic E-state index is 0.0000591. The summed E-state index contributed by atoms with van der Waals surface area (Å²) in [6, 6.07) is 7.81. The van der Waals surface area contributed by atoms with Crippen LogP contribution in [0, 0.1) is 6.92 Å². The number of methoxy groups -OCH3 is 1. The first-order valence-electron chi connectivity index (χ1n) is 8.19. The van der Waals surface area contributed by atoms with E-state index in [2.05, 4.69) is 25.4 Å². The molecule has 2 heterocycles. The SMILES string of the molecule is COc1ccccc1CNC(=O)CN1CCC[C@@H]1c1n[nH]c(C)n1. The van der Waals surface area contributed by atoms with Crippen LogP contribution in [0.3, 0.4) is 0 Å². The van der Waals surface area contributed by atoms with E-state index in [1.165, 1.54) is 0 Å². The molecule has 1 fully saturated rings. The van der Waals surface area contributed by atoms with Gasteiger partial charge in [0.25, 0.3) is 0 Å². The summed E-state index contributed by atoms with van der Waals surface area (Å²) < 4.78 is 5.31. The number of aromatic amines is 1. The van der Waals surface area contributed by atoms with E-state index >= 15 is 0 Å². The monoisotopic (exact) mass is 329 g/mol. The van der Waals surface area contributed by atoms with E-state index in [0.29, 0.717) is 13.1 Å². The van der Waals surface area contributed by atoms with Crippen molar-refractivity contribution in [1.29, 1.82) is 0 Å². The van der Waals surface area contributed by atoms with Crippen molar-refractivity contribution in [2.45, 2.75) is 32.4 Å². The molecular formula is C17H23N5O2. The van der Waals surface area contributed by atoms with Gasteiger partial charge in [-0.05, 0) is 32.4 Å². The number of amides is 1. The number of hydrogen-bond acceptors (Lipinski definition) is 5. The number of carbonyl (C=O) groups excluding carboxylic acids is 1. The molecule has 7 nitrogen and oxygen atoms in total. The summed E-state index contributed by atoms with van der Waals surface area (Å²) in [6.45, 7) is 3.59. The Bertz CT molecular complexity index is 700. The van der Waals surface area contributed by atoms with E-state index < -0.39 is 0 Å². The quantitative estimate of drug-likeness (QED) is 0.840. The van der Waals surface area contributed by atoms with Crippen molar-refractivity contribution in [1.82, 2.24) is 25.4 Å². The van der Waals surface area contributed by atoms with Crippen LogP contribution in [-0.4, -0.2) is 46.2 Å². The van der Waals surface area contributed by atoms with Crippen LogP contribution in [-0.2, 0) is 11.3 Å². The van der Waals surface area contributed by atoms with Gasteiger partial charge in [0.15, 0.2) is 5.82 Å². The average molecular weight is 329 g/mol. The molecule has 2 N–H and O–H groups in total. The van der Waals surface area contributed by atoms with Crippen molar-refractivity contribution >= 4 is 5.91 Å². The van der Waals surface area contributed by atoms with Crippen molar-refractivity contribution in [3.05, 3.63) is 41.5 Å². The molecule has 0 radical (unpaired) electrons. The van der Waals surface area contributed by atoms with Crippen molar-refractivity contribution in [2.75, 3.05) is 20.2 Å². The smallest absolute Gasteiger partial charge is 0.234 e. The van der Waals surface area contributed by atoms with Gasteiger partial charge in [-0.15, -0.1) is 0 Å². The Morgan fingerprint density at radius 1 is 1.46 bits per heavy atom. The summed E-state index contributed by atoms with van der Waals surface area (Å²) in [5.41, 5.74) is 0.968. The maximum absolute atomic E-state index is 12.3. The number of hydrogen-bond donors (Lipinski definition) is 2. The normalized spacial score (nSPS) is 17.8. The molecule has 0 aliphatic carbocycles. The number of carbonyl (C=O) groups is 1. The second-order valence-electron chi connectivity index (χ2n) is 6.00. The number of rotatable bonds is 6. The molecule has 1 atom stereocenters. The van der Waals surface area contributed by atoms with Gasteiger partial charge in [-0.25, -0.2) is 4.98 Å². The first-order valence-corrected chi connectivity index (χ1v) is 8.19. The number of likely N-dealkylation sites (tertiary alicyclic amines) is 1. The summed E-state index contributed by atoms with van der Waals surface area (Å²) in [4.78, 5) is 18.9. The van der Waals surface area contributed by atoms with E-state index in [4.69, 9.17) is 4.74 Å². The number of aryl methyl sites for hydroxylation is 1. The first kappa shape index (κ1) is 16.4. The fourth-order valence-corrected chi connectivity index (χ4v) is 3.10. The highest BCUT2D eigenvalue weighted by molar-refractivity contribution is 5.78. The molecule has 1 aromatic carbocycles. The van der Waals surface area contributed by atoms with Crippen molar-refractivity contribution in [3.8, 4) is 5.75 Å². The van der Waals surface area contributed by atoms with Crippen LogP contribution in [0.25, 0.3) is 0 Å². The molecule has 0 bridgehead atoms. The number of H-pyrrole nitrogens is 1. The lowest BCUT2D eigenvalue weighted by Gasteiger charge is -2.21. The third-order valence-corrected chi connectivity index (χ3v) is 4.29. The highest BCUT2D eigenvalue weighted by atomic mass is 16.5. The van der Waals surface area contributed by atoms with Gasteiger partial charge in [-0.3, -0.25) is 14.8 Å². The molecule has 1 amide bonds. The summed E-state index contributed by atoms with van der Waals surface area (Å²) in [6.07, 6.45) is 2.04. The van der Waals surface area contributed by atoms with Crippen molar-refractivity contribution in [3.63, 3.8) is 0 Å². The van der Waals surface area contributed by atoms with Crippen LogP contribution in [0.2, 0.25) is 0 Å². The fraction of sp³-hybridized carbons (Fsp3) is 0.471. The molecule has 0 saturated carbocycles. The largest absolute Gasteiger partial charge is 0.496 e. The number of ether oxygens (including phenoxy) is 1. The Hall–Kier alpha value is -2.41. The first-order chi connectivity index (χ1) is 11.7. The molecule has 0 spiro atoms. The Balaban J connectivity index is 1.56. The number of nitrogens with zero attached hydrogens (tertiary/aromatic N) is 3. The van der Waals surface area contributed by atoms with Gasteiger partial charge in [-0.2, -0.15) is 5.10 Å². The Kier molecular flexibility index (Phi) is 5.10. The standard InChI is InChI=1S/C17H23N5O2/c1-12-19-17(21-20-12)14-7-5-9-22(14)11-16(23)18-10-13-6-3-4-8-15(13)24-2/h3-4,6,8,14H,5,7,9-11H2,1-2H3,(H,18,23)(H,19,20,21)/t14-/m1/s1. The van der Waals surface area contributed by atoms with Gasteiger partial charge in [0, 0.05) is 12.1 Å². The highest BCUT2D eigenvalue weighted by Crippen LogP contribution is 2.29. The molecule has 7 heteroatoms. The topological polar surface area (TPSA) is 83.1 Å². The Morgan fingerprint density at radius 3 is 3.04 bits per heavy atom. The summed E-state index contributed by atoms with van der Waals surface area (Å²) >= 11 is 0. The van der Waals surface area contributed by atoms with E-state index in [9.17, 15) is 4.79 Å². The molecule has 3 rings (SSSR count). The van der Waals surface area contributed by atoms with E-state index in [-0.39, 0.29) is 11.9 Å². The van der Waals surface area contributed by atoms with Crippen LogP contribution in [0.1, 0.15) is 36.1 Å². The second kappa shape index (κ2) is 7.44. The number of aromatic nitrogens is 3. The molecule has 1 aromatic heterocycles. The van der Waals surface area contributed by atoms with Crippen LogP contribution < -0.4 is 10.1 Å². The molecule has 128 valence electrons. The van der Waals surface area contributed by atoms with E-state index in [0.717, 1.165) is 42.3 Å². The van der Waals surface area contributed by atoms with Crippen LogP contribution >= 0.6 is 0 Å². The maximum atomic E-state index is 12.3. The van der Waals surface area contributed by atoms with E-state index in [1.807, 2.05) is 31.2 Å².